The molecule has 4 rings (SSSR count). The molecule has 0 unspecified atom stereocenters. The molecule has 0 saturated heterocycles. The highest BCUT2D eigenvalue weighted by Crippen LogP contribution is 2.50. The van der Waals surface area contributed by atoms with Gasteiger partial charge in [-0.1, -0.05) is 18.2 Å². The SMILES string of the molecule is COc1ccc2[nH]cc(C3(CNS(=O)(=O)c4ccccc4)CC3)c2c1. The van der Waals surface area contributed by atoms with Crippen molar-refractivity contribution in [3.05, 3.63) is 60.3 Å². The van der Waals surface area contributed by atoms with Gasteiger partial charge in [-0.15, -0.1) is 0 Å². The van der Waals surface area contributed by atoms with Gasteiger partial charge in [-0.2, -0.15) is 0 Å². The fourth-order valence-corrected chi connectivity index (χ4v) is 4.42. The number of benzene rings is 2. The van der Waals surface area contributed by atoms with Gasteiger partial charge < -0.3 is 9.72 Å². The molecule has 1 aromatic heterocycles. The van der Waals surface area contributed by atoms with Crippen molar-refractivity contribution in [2.24, 2.45) is 0 Å². The molecule has 0 bridgehead atoms. The molecule has 2 aromatic carbocycles. The summed E-state index contributed by atoms with van der Waals surface area (Å²) in [5.74, 6) is 0.800. The minimum absolute atomic E-state index is 0.146. The Hall–Kier alpha value is -2.31. The van der Waals surface area contributed by atoms with Crippen molar-refractivity contribution in [1.82, 2.24) is 9.71 Å². The maximum atomic E-state index is 12.5. The van der Waals surface area contributed by atoms with Crippen molar-refractivity contribution in [2.75, 3.05) is 13.7 Å². The molecule has 1 aliphatic carbocycles. The number of nitrogens with one attached hydrogen (secondary N) is 2. The van der Waals surface area contributed by atoms with Crippen LogP contribution in [0.4, 0.5) is 0 Å². The predicted octanol–water partition coefficient (Wildman–Crippen LogP) is 3.19. The van der Waals surface area contributed by atoms with Gasteiger partial charge in [0.25, 0.3) is 0 Å². The van der Waals surface area contributed by atoms with Crippen LogP contribution < -0.4 is 9.46 Å². The van der Waals surface area contributed by atoms with Gasteiger partial charge in [0.2, 0.25) is 10.0 Å². The smallest absolute Gasteiger partial charge is 0.240 e. The van der Waals surface area contributed by atoms with Gasteiger partial charge in [-0.05, 0) is 48.7 Å². The fraction of sp³-hybridized carbons (Fsp3) is 0.263. The predicted molar refractivity (Wildman–Crippen MR) is 97.4 cm³/mol. The van der Waals surface area contributed by atoms with E-state index < -0.39 is 10.0 Å². The summed E-state index contributed by atoms with van der Waals surface area (Å²) < 4.78 is 33.1. The summed E-state index contributed by atoms with van der Waals surface area (Å²) in [5, 5.41) is 1.09. The van der Waals surface area contributed by atoms with Crippen LogP contribution in [-0.2, 0) is 15.4 Å². The lowest BCUT2D eigenvalue weighted by atomic mass is 9.95. The van der Waals surface area contributed by atoms with Crippen molar-refractivity contribution in [3.8, 4) is 5.75 Å². The van der Waals surface area contributed by atoms with E-state index in [-0.39, 0.29) is 5.41 Å². The van der Waals surface area contributed by atoms with E-state index in [9.17, 15) is 8.42 Å². The lowest BCUT2D eigenvalue weighted by Gasteiger charge is -2.16. The second kappa shape index (κ2) is 5.89. The van der Waals surface area contributed by atoms with E-state index in [4.69, 9.17) is 4.74 Å². The number of ether oxygens (including phenoxy) is 1. The Bertz CT molecular complexity index is 1010. The molecule has 0 radical (unpaired) electrons. The van der Waals surface area contributed by atoms with Crippen LogP contribution in [0.3, 0.4) is 0 Å². The van der Waals surface area contributed by atoms with Crippen LogP contribution in [0, 0.1) is 0 Å². The Kier molecular flexibility index (Phi) is 3.81. The Labute approximate surface area is 147 Å². The molecule has 5 nitrogen and oxygen atoms in total. The number of aromatic amines is 1. The Morgan fingerprint density at radius 2 is 1.92 bits per heavy atom. The zero-order chi connectivity index (χ0) is 17.5. The lowest BCUT2D eigenvalue weighted by Crippen LogP contribution is -2.32. The van der Waals surface area contributed by atoms with E-state index in [0.29, 0.717) is 11.4 Å². The van der Waals surface area contributed by atoms with Crippen molar-refractivity contribution >= 4 is 20.9 Å². The van der Waals surface area contributed by atoms with Crippen LogP contribution in [0.25, 0.3) is 10.9 Å². The van der Waals surface area contributed by atoms with E-state index in [1.165, 1.54) is 0 Å². The summed E-state index contributed by atoms with van der Waals surface area (Å²) in [6.07, 6.45) is 3.93. The Balaban J connectivity index is 1.61. The standard InChI is InChI=1S/C19H20N2O3S/c1-24-14-7-8-18-16(11-14)17(12-20-18)19(9-10-19)13-21-25(22,23)15-5-3-2-4-6-15/h2-8,11-12,20-21H,9-10,13H2,1H3. The molecule has 0 atom stereocenters. The second-order valence-electron chi connectivity index (χ2n) is 6.53. The first kappa shape index (κ1) is 16.2. The minimum Gasteiger partial charge on any atom is -0.497 e. The van der Waals surface area contributed by atoms with Crippen LogP contribution in [0.1, 0.15) is 18.4 Å². The third kappa shape index (κ3) is 2.92. The molecule has 3 aromatic rings. The largest absolute Gasteiger partial charge is 0.497 e. The van der Waals surface area contributed by atoms with E-state index in [0.717, 1.165) is 35.1 Å². The quantitative estimate of drug-likeness (QED) is 0.712. The summed E-state index contributed by atoms with van der Waals surface area (Å²) in [7, 11) is -1.85. The number of hydrogen-bond acceptors (Lipinski definition) is 3. The molecule has 2 N–H and O–H groups in total. The van der Waals surface area contributed by atoms with Gasteiger partial charge in [-0.25, -0.2) is 13.1 Å². The summed E-state index contributed by atoms with van der Waals surface area (Å²) >= 11 is 0. The van der Waals surface area contributed by atoms with Crippen molar-refractivity contribution < 1.29 is 13.2 Å². The topological polar surface area (TPSA) is 71.2 Å². The zero-order valence-corrected chi connectivity index (χ0v) is 14.8. The molecule has 0 spiro atoms. The van der Waals surface area contributed by atoms with Gasteiger partial charge in [0.15, 0.2) is 0 Å². The number of aromatic nitrogens is 1. The normalized spacial score (nSPS) is 16.0. The van der Waals surface area contributed by atoms with Crippen LogP contribution in [0.2, 0.25) is 0 Å². The van der Waals surface area contributed by atoms with Gasteiger partial charge in [0.05, 0.1) is 12.0 Å². The van der Waals surface area contributed by atoms with Crippen LogP contribution in [0.15, 0.2) is 59.6 Å². The first-order chi connectivity index (χ1) is 12.0. The van der Waals surface area contributed by atoms with E-state index in [1.54, 1.807) is 37.4 Å². The van der Waals surface area contributed by atoms with Gasteiger partial charge in [-0.3, -0.25) is 0 Å². The maximum Gasteiger partial charge on any atom is 0.240 e. The van der Waals surface area contributed by atoms with Crippen molar-refractivity contribution in [3.63, 3.8) is 0 Å². The highest BCUT2D eigenvalue weighted by Gasteiger charge is 2.46. The molecule has 130 valence electrons. The number of rotatable bonds is 6. The summed E-state index contributed by atoms with van der Waals surface area (Å²) in [4.78, 5) is 3.58. The number of fused-ring (bicyclic) bond motifs is 1. The monoisotopic (exact) mass is 356 g/mol. The molecule has 1 aliphatic rings. The van der Waals surface area contributed by atoms with E-state index >= 15 is 0 Å². The van der Waals surface area contributed by atoms with Crippen LogP contribution >= 0.6 is 0 Å². The molecule has 1 fully saturated rings. The number of sulfonamides is 1. The summed E-state index contributed by atoms with van der Waals surface area (Å²) in [5.41, 5.74) is 2.04. The molecule has 1 saturated carbocycles. The highest BCUT2D eigenvalue weighted by atomic mass is 32.2. The van der Waals surface area contributed by atoms with Crippen LogP contribution in [-0.4, -0.2) is 27.1 Å². The minimum atomic E-state index is -3.50. The maximum absolute atomic E-state index is 12.5. The van der Waals surface area contributed by atoms with Gasteiger partial charge in [0, 0.05) is 29.1 Å². The molecular weight excluding hydrogens is 336 g/mol. The molecule has 0 aliphatic heterocycles. The lowest BCUT2D eigenvalue weighted by molar-refractivity contribution is 0.415. The number of hydrogen-bond donors (Lipinski definition) is 2. The van der Waals surface area contributed by atoms with Crippen molar-refractivity contribution in [1.29, 1.82) is 0 Å². The first-order valence-corrected chi connectivity index (χ1v) is 9.73. The Morgan fingerprint density at radius 1 is 1.16 bits per heavy atom. The first-order valence-electron chi connectivity index (χ1n) is 8.24. The molecule has 0 amide bonds. The molecule has 1 heterocycles. The summed E-state index contributed by atoms with van der Waals surface area (Å²) in [6.45, 7) is 0.397. The fourth-order valence-electron chi connectivity index (χ4n) is 3.27. The Morgan fingerprint density at radius 3 is 2.60 bits per heavy atom. The van der Waals surface area contributed by atoms with E-state index in [2.05, 4.69) is 9.71 Å². The van der Waals surface area contributed by atoms with Crippen LogP contribution in [0.5, 0.6) is 5.75 Å². The third-order valence-corrected chi connectivity index (χ3v) is 6.39. The molecule has 6 heteroatoms. The molecule has 25 heavy (non-hydrogen) atoms. The van der Waals surface area contributed by atoms with Gasteiger partial charge in [0.1, 0.15) is 5.75 Å². The zero-order valence-electron chi connectivity index (χ0n) is 14.0. The third-order valence-electron chi connectivity index (χ3n) is 4.97. The molecular formula is C19H20N2O3S. The summed E-state index contributed by atoms with van der Waals surface area (Å²) in [6, 6.07) is 14.4. The number of methoxy groups -OCH3 is 1. The van der Waals surface area contributed by atoms with Gasteiger partial charge >= 0.3 is 0 Å². The highest BCUT2D eigenvalue weighted by molar-refractivity contribution is 7.89. The van der Waals surface area contributed by atoms with E-state index in [1.807, 2.05) is 24.4 Å². The van der Waals surface area contributed by atoms with Crippen molar-refractivity contribution in [2.45, 2.75) is 23.2 Å². The average Bonchev–Trinajstić information content (AvgIpc) is 3.31. The second-order valence-corrected chi connectivity index (χ2v) is 8.30. The number of H-pyrrole nitrogens is 1. The average molecular weight is 356 g/mol.